The van der Waals surface area contributed by atoms with E-state index in [2.05, 4.69) is 4.72 Å². The molecule has 2 aromatic rings. The van der Waals surface area contributed by atoms with Crippen molar-refractivity contribution in [2.75, 3.05) is 7.11 Å². The van der Waals surface area contributed by atoms with Gasteiger partial charge in [0.1, 0.15) is 5.75 Å². The number of nitrogens with one attached hydrogen (secondary N) is 1. The van der Waals surface area contributed by atoms with Crippen LogP contribution in [0.5, 0.6) is 5.75 Å². The highest BCUT2D eigenvalue weighted by Crippen LogP contribution is 2.47. The lowest BCUT2D eigenvalue weighted by Crippen LogP contribution is -2.32. The van der Waals surface area contributed by atoms with Crippen LogP contribution in [-0.2, 0) is 14.8 Å². The lowest BCUT2D eigenvalue weighted by molar-refractivity contribution is -0.120. The maximum Gasteiger partial charge on any atom is 0.264 e. The molecule has 3 rings (SSSR count). The van der Waals surface area contributed by atoms with Crippen LogP contribution in [0, 0.1) is 12.8 Å². The van der Waals surface area contributed by atoms with Crippen molar-refractivity contribution in [3.63, 3.8) is 0 Å². The zero-order valence-electron chi connectivity index (χ0n) is 13.5. The topological polar surface area (TPSA) is 72.5 Å². The van der Waals surface area contributed by atoms with Gasteiger partial charge in [-0.3, -0.25) is 4.79 Å². The fraction of sp³-hybridized carbons (Fsp3) is 0.278. The number of benzene rings is 2. The Bertz CT molecular complexity index is 876. The minimum atomic E-state index is -3.89. The van der Waals surface area contributed by atoms with Crippen molar-refractivity contribution in [3.05, 3.63) is 59.7 Å². The zero-order valence-corrected chi connectivity index (χ0v) is 14.3. The third kappa shape index (κ3) is 3.43. The molecule has 2 atom stereocenters. The molecule has 0 saturated heterocycles. The number of methoxy groups -OCH3 is 1. The number of ether oxygens (including phenoxy) is 1. The van der Waals surface area contributed by atoms with E-state index in [1.165, 1.54) is 19.2 Å². The van der Waals surface area contributed by atoms with Crippen LogP contribution in [0.15, 0.2) is 53.4 Å². The number of hydrogen-bond acceptors (Lipinski definition) is 4. The van der Waals surface area contributed by atoms with E-state index in [1.807, 2.05) is 31.2 Å². The second-order valence-electron chi connectivity index (χ2n) is 6.01. The standard InChI is InChI=1S/C18H19NO4S/c1-12-5-3-6-13(9-12)16-11-17(16)18(20)19-24(21,22)15-8-4-7-14(10-15)23-2/h3-10,16-17H,11H2,1-2H3,(H,19,20)/t16-,17-/m1/s1. The summed E-state index contributed by atoms with van der Waals surface area (Å²) in [5, 5.41) is 0. The molecule has 126 valence electrons. The molecular formula is C18H19NO4S. The molecule has 0 radical (unpaired) electrons. The largest absolute Gasteiger partial charge is 0.497 e. The molecule has 1 aliphatic carbocycles. The van der Waals surface area contributed by atoms with Gasteiger partial charge in [0.15, 0.2) is 0 Å². The summed E-state index contributed by atoms with van der Waals surface area (Å²) in [6, 6.07) is 14.0. The summed E-state index contributed by atoms with van der Waals surface area (Å²) in [4.78, 5) is 12.3. The van der Waals surface area contributed by atoms with Crippen molar-refractivity contribution in [2.24, 2.45) is 5.92 Å². The van der Waals surface area contributed by atoms with E-state index in [0.717, 1.165) is 11.1 Å². The molecule has 0 unspecified atom stereocenters. The SMILES string of the molecule is COc1cccc(S(=O)(=O)NC(=O)[C@@H]2C[C@@H]2c2cccc(C)c2)c1. The summed E-state index contributed by atoms with van der Waals surface area (Å²) in [6.07, 6.45) is 0.670. The summed E-state index contributed by atoms with van der Waals surface area (Å²) in [5.41, 5.74) is 2.21. The first-order valence-corrected chi connectivity index (χ1v) is 9.16. The van der Waals surface area contributed by atoms with E-state index < -0.39 is 15.9 Å². The van der Waals surface area contributed by atoms with Crippen molar-refractivity contribution < 1.29 is 17.9 Å². The second kappa shape index (κ2) is 6.28. The van der Waals surface area contributed by atoms with Gasteiger partial charge in [-0.25, -0.2) is 13.1 Å². The number of aryl methyl sites for hydroxylation is 1. The van der Waals surface area contributed by atoms with Crippen LogP contribution in [0.2, 0.25) is 0 Å². The Morgan fingerprint density at radius 1 is 1.17 bits per heavy atom. The monoisotopic (exact) mass is 345 g/mol. The third-order valence-corrected chi connectivity index (χ3v) is 5.53. The lowest BCUT2D eigenvalue weighted by atomic mass is 10.1. The summed E-state index contributed by atoms with van der Waals surface area (Å²) in [6.45, 7) is 1.99. The summed E-state index contributed by atoms with van der Waals surface area (Å²) < 4.78 is 31.9. The van der Waals surface area contributed by atoms with Gasteiger partial charge in [0.2, 0.25) is 5.91 Å². The van der Waals surface area contributed by atoms with Crippen molar-refractivity contribution in [2.45, 2.75) is 24.2 Å². The smallest absolute Gasteiger partial charge is 0.264 e. The first-order chi connectivity index (χ1) is 11.4. The number of sulfonamides is 1. The molecule has 2 aromatic carbocycles. The molecule has 0 bridgehead atoms. The van der Waals surface area contributed by atoms with E-state index in [0.29, 0.717) is 12.2 Å². The van der Waals surface area contributed by atoms with Crippen LogP contribution in [0.4, 0.5) is 0 Å². The number of carbonyl (C=O) groups is 1. The number of amides is 1. The predicted molar refractivity (Wildman–Crippen MR) is 90.3 cm³/mol. The van der Waals surface area contributed by atoms with E-state index >= 15 is 0 Å². The molecule has 24 heavy (non-hydrogen) atoms. The Morgan fingerprint density at radius 2 is 1.92 bits per heavy atom. The van der Waals surface area contributed by atoms with Gasteiger partial charge in [0.25, 0.3) is 10.0 Å². The van der Waals surface area contributed by atoms with Gasteiger partial charge in [-0.05, 0) is 37.0 Å². The number of carbonyl (C=O) groups excluding carboxylic acids is 1. The fourth-order valence-corrected chi connectivity index (χ4v) is 3.85. The number of rotatable bonds is 5. The Morgan fingerprint density at radius 3 is 2.62 bits per heavy atom. The molecule has 1 N–H and O–H groups in total. The molecular weight excluding hydrogens is 326 g/mol. The van der Waals surface area contributed by atoms with Crippen LogP contribution >= 0.6 is 0 Å². The van der Waals surface area contributed by atoms with E-state index in [9.17, 15) is 13.2 Å². The van der Waals surface area contributed by atoms with Gasteiger partial charge in [-0.2, -0.15) is 0 Å². The quantitative estimate of drug-likeness (QED) is 0.904. The molecule has 6 heteroatoms. The highest BCUT2D eigenvalue weighted by Gasteiger charge is 2.45. The van der Waals surface area contributed by atoms with Crippen molar-refractivity contribution in [1.82, 2.24) is 4.72 Å². The van der Waals surface area contributed by atoms with Crippen LogP contribution in [-0.4, -0.2) is 21.4 Å². The van der Waals surface area contributed by atoms with Crippen LogP contribution < -0.4 is 9.46 Å². The minimum absolute atomic E-state index is 0.0166. The van der Waals surface area contributed by atoms with E-state index in [-0.39, 0.29) is 16.7 Å². The Labute approximate surface area is 141 Å². The molecule has 5 nitrogen and oxygen atoms in total. The maximum atomic E-state index is 12.4. The minimum Gasteiger partial charge on any atom is -0.497 e. The third-order valence-electron chi connectivity index (χ3n) is 4.18. The highest BCUT2D eigenvalue weighted by molar-refractivity contribution is 7.90. The molecule has 1 saturated carbocycles. The van der Waals surface area contributed by atoms with Crippen LogP contribution in [0.25, 0.3) is 0 Å². The molecule has 1 fully saturated rings. The molecule has 0 heterocycles. The molecule has 1 amide bonds. The van der Waals surface area contributed by atoms with Gasteiger partial charge in [0, 0.05) is 12.0 Å². The van der Waals surface area contributed by atoms with Gasteiger partial charge < -0.3 is 4.74 Å². The Hall–Kier alpha value is -2.34. The molecule has 1 aliphatic rings. The second-order valence-corrected chi connectivity index (χ2v) is 7.69. The van der Waals surface area contributed by atoms with Gasteiger partial charge in [-0.1, -0.05) is 35.9 Å². The van der Waals surface area contributed by atoms with Gasteiger partial charge in [-0.15, -0.1) is 0 Å². The maximum absolute atomic E-state index is 12.4. The van der Waals surface area contributed by atoms with Crippen molar-refractivity contribution in [3.8, 4) is 5.75 Å². The molecule has 0 spiro atoms. The Balaban J connectivity index is 1.71. The summed E-state index contributed by atoms with van der Waals surface area (Å²) >= 11 is 0. The predicted octanol–water partition coefficient (Wildman–Crippen LogP) is 2.61. The van der Waals surface area contributed by atoms with Gasteiger partial charge in [0.05, 0.1) is 12.0 Å². The zero-order chi connectivity index (χ0) is 17.3. The first-order valence-electron chi connectivity index (χ1n) is 7.68. The summed E-state index contributed by atoms with van der Waals surface area (Å²) in [5.74, 6) is -0.240. The average molecular weight is 345 g/mol. The van der Waals surface area contributed by atoms with E-state index in [4.69, 9.17) is 4.74 Å². The van der Waals surface area contributed by atoms with Crippen LogP contribution in [0.3, 0.4) is 0 Å². The Kier molecular flexibility index (Phi) is 4.32. The van der Waals surface area contributed by atoms with Crippen molar-refractivity contribution in [1.29, 1.82) is 0 Å². The summed E-state index contributed by atoms with van der Waals surface area (Å²) in [7, 11) is -2.43. The molecule has 0 aliphatic heterocycles. The lowest BCUT2D eigenvalue weighted by Gasteiger charge is -2.08. The fourth-order valence-electron chi connectivity index (χ4n) is 2.79. The van der Waals surface area contributed by atoms with Gasteiger partial charge >= 0.3 is 0 Å². The first kappa shape index (κ1) is 16.5. The average Bonchev–Trinajstić information content (AvgIpc) is 3.35. The van der Waals surface area contributed by atoms with E-state index in [1.54, 1.807) is 12.1 Å². The normalized spacial score (nSPS) is 19.6. The highest BCUT2D eigenvalue weighted by atomic mass is 32.2. The van der Waals surface area contributed by atoms with Crippen molar-refractivity contribution >= 4 is 15.9 Å². The van der Waals surface area contributed by atoms with Crippen LogP contribution in [0.1, 0.15) is 23.5 Å². The number of hydrogen-bond donors (Lipinski definition) is 1. The molecule has 0 aromatic heterocycles.